The molecule has 2 aromatic carbocycles. The lowest BCUT2D eigenvalue weighted by atomic mass is 10.2. The fourth-order valence-electron chi connectivity index (χ4n) is 3.17. The number of para-hydroxylation sites is 1. The summed E-state index contributed by atoms with van der Waals surface area (Å²) in [6, 6.07) is 16.1. The lowest BCUT2D eigenvalue weighted by molar-refractivity contribution is -0.136. The van der Waals surface area contributed by atoms with Gasteiger partial charge in [0.15, 0.2) is 0 Å². The summed E-state index contributed by atoms with van der Waals surface area (Å²) >= 11 is 5.86. The normalized spacial score (nSPS) is 16.2. The van der Waals surface area contributed by atoms with E-state index in [2.05, 4.69) is 5.32 Å². The Kier molecular flexibility index (Phi) is 6.71. The second kappa shape index (κ2) is 9.42. The number of hydrogen-bond donors (Lipinski definition) is 1. The predicted molar refractivity (Wildman–Crippen MR) is 106 cm³/mol. The van der Waals surface area contributed by atoms with Gasteiger partial charge in [0.2, 0.25) is 11.8 Å². The molecule has 1 aliphatic heterocycles. The molecule has 0 bridgehead atoms. The second-order valence-electron chi connectivity index (χ2n) is 6.51. The number of nitrogens with one attached hydrogen (secondary N) is 1. The smallest absolute Gasteiger partial charge is 0.247 e. The fraction of sp³-hybridized carbons (Fsp3) is 0.333. The van der Waals surface area contributed by atoms with E-state index >= 15 is 0 Å². The number of likely N-dealkylation sites (tertiary alicyclic amines) is 1. The lowest BCUT2D eigenvalue weighted by Gasteiger charge is -2.24. The number of hydrogen-bond acceptors (Lipinski definition) is 3. The van der Waals surface area contributed by atoms with Crippen LogP contribution in [0.3, 0.4) is 0 Å². The molecule has 27 heavy (non-hydrogen) atoms. The van der Waals surface area contributed by atoms with Crippen molar-refractivity contribution >= 4 is 29.1 Å². The van der Waals surface area contributed by atoms with Crippen LogP contribution in [0.2, 0.25) is 5.02 Å². The van der Waals surface area contributed by atoms with Crippen LogP contribution in [0.25, 0.3) is 0 Å². The topological polar surface area (TPSA) is 58.6 Å². The van der Waals surface area contributed by atoms with E-state index in [9.17, 15) is 9.59 Å². The van der Waals surface area contributed by atoms with Gasteiger partial charge in [0, 0.05) is 23.7 Å². The van der Waals surface area contributed by atoms with Gasteiger partial charge < -0.3 is 15.0 Å². The molecule has 142 valence electrons. The number of anilines is 1. The molecule has 2 amide bonds. The van der Waals surface area contributed by atoms with E-state index in [1.54, 1.807) is 29.2 Å². The molecule has 0 aromatic heterocycles. The largest absolute Gasteiger partial charge is 0.494 e. The minimum atomic E-state index is -0.414. The Morgan fingerprint density at radius 3 is 2.59 bits per heavy atom. The van der Waals surface area contributed by atoms with Crippen LogP contribution in [0.15, 0.2) is 54.6 Å². The third-order valence-corrected chi connectivity index (χ3v) is 4.79. The summed E-state index contributed by atoms with van der Waals surface area (Å²) in [5, 5.41) is 3.48. The molecule has 0 spiro atoms. The summed E-state index contributed by atoms with van der Waals surface area (Å²) in [6.45, 7) is 1.10. The van der Waals surface area contributed by atoms with Crippen molar-refractivity contribution in [3.05, 3.63) is 59.6 Å². The monoisotopic (exact) mass is 386 g/mol. The predicted octanol–water partition coefficient (Wildman–Crippen LogP) is 4.13. The van der Waals surface area contributed by atoms with Crippen molar-refractivity contribution in [2.24, 2.45) is 0 Å². The summed E-state index contributed by atoms with van der Waals surface area (Å²) in [6.07, 6.45) is 2.52. The Hall–Kier alpha value is -2.53. The maximum absolute atomic E-state index is 12.6. The first-order valence-corrected chi connectivity index (χ1v) is 9.55. The molecular weight excluding hydrogens is 364 g/mol. The number of amides is 2. The first-order chi connectivity index (χ1) is 13.1. The highest BCUT2D eigenvalue weighted by atomic mass is 35.5. The Labute approximate surface area is 164 Å². The third-order valence-electron chi connectivity index (χ3n) is 4.53. The van der Waals surface area contributed by atoms with Crippen molar-refractivity contribution in [1.82, 2.24) is 4.90 Å². The molecule has 1 saturated heterocycles. The highest BCUT2D eigenvalue weighted by Gasteiger charge is 2.33. The van der Waals surface area contributed by atoms with Crippen LogP contribution in [0.5, 0.6) is 5.75 Å². The molecule has 1 N–H and O–H groups in total. The number of carbonyl (C=O) groups excluding carboxylic acids is 2. The summed E-state index contributed by atoms with van der Waals surface area (Å²) in [5.41, 5.74) is 0.681. The van der Waals surface area contributed by atoms with Gasteiger partial charge in [-0.15, -0.1) is 0 Å². The van der Waals surface area contributed by atoms with Crippen LogP contribution >= 0.6 is 11.6 Å². The quantitative estimate of drug-likeness (QED) is 0.728. The maximum atomic E-state index is 12.6. The van der Waals surface area contributed by atoms with Gasteiger partial charge >= 0.3 is 0 Å². The Morgan fingerprint density at radius 1 is 1.11 bits per heavy atom. The zero-order valence-electron chi connectivity index (χ0n) is 15.1. The summed E-state index contributed by atoms with van der Waals surface area (Å²) < 4.78 is 5.62. The van der Waals surface area contributed by atoms with E-state index < -0.39 is 6.04 Å². The van der Waals surface area contributed by atoms with Crippen LogP contribution in [0, 0.1) is 0 Å². The van der Waals surface area contributed by atoms with Gasteiger partial charge in [-0.2, -0.15) is 0 Å². The van der Waals surface area contributed by atoms with Gasteiger partial charge in [0.1, 0.15) is 11.8 Å². The van der Waals surface area contributed by atoms with Gasteiger partial charge in [0.05, 0.1) is 6.61 Å². The Balaban J connectivity index is 1.47. The lowest BCUT2D eigenvalue weighted by Crippen LogP contribution is -2.43. The van der Waals surface area contributed by atoms with Gasteiger partial charge in [-0.3, -0.25) is 9.59 Å². The molecule has 6 heteroatoms. The van der Waals surface area contributed by atoms with E-state index in [0.717, 1.165) is 12.2 Å². The van der Waals surface area contributed by atoms with Crippen molar-refractivity contribution in [2.45, 2.75) is 31.7 Å². The molecule has 5 nitrogen and oxygen atoms in total. The zero-order chi connectivity index (χ0) is 19.1. The number of nitrogens with zero attached hydrogens (tertiary/aromatic N) is 1. The van der Waals surface area contributed by atoms with E-state index in [1.807, 2.05) is 30.3 Å². The first kappa shape index (κ1) is 19.2. The molecule has 0 unspecified atom stereocenters. The molecule has 1 heterocycles. The minimum absolute atomic E-state index is 0.000387. The van der Waals surface area contributed by atoms with Gasteiger partial charge in [-0.05, 0) is 55.7 Å². The Morgan fingerprint density at radius 2 is 1.85 bits per heavy atom. The van der Waals surface area contributed by atoms with Crippen molar-refractivity contribution < 1.29 is 14.3 Å². The van der Waals surface area contributed by atoms with Gasteiger partial charge in [-0.1, -0.05) is 29.8 Å². The maximum Gasteiger partial charge on any atom is 0.247 e. The molecular formula is C21H23ClN2O3. The summed E-state index contributed by atoms with van der Waals surface area (Å²) in [5.74, 6) is 0.649. The average Bonchev–Trinajstić information content (AvgIpc) is 3.18. The number of rotatable bonds is 7. The third kappa shape index (κ3) is 5.47. The number of carbonyl (C=O) groups is 2. The standard InChI is InChI=1S/C21H23ClN2O3/c22-16-10-12-17(13-11-16)23-21(26)19-8-4-14-24(19)20(25)9-5-15-27-18-6-2-1-3-7-18/h1-3,6-7,10-13,19H,4-5,8-9,14-15H2,(H,23,26)/t19-/m0/s1. The highest BCUT2D eigenvalue weighted by Crippen LogP contribution is 2.21. The van der Waals surface area contributed by atoms with E-state index in [4.69, 9.17) is 16.3 Å². The molecule has 1 aliphatic rings. The molecule has 0 aliphatic carbocycles. The zero-order valence-corrected chi connectivity index (χ0v) is 15.8. The van der Waals surface area contributed by atoms with E-state index in [1.165, 1.54) is 0 Å². The molecule has 1 fully saturated rings. The summed E-state index contributed by atoms with van der Waals surface area (Å²) in [4.78, 5) is 26.8. The van der Waals surface area contributed by atoms with Crippen LogP contribution in [0.1, 0.15) is 25.7 Å². The SMILES string of the molecule is O=C(Nc1ccc(Cl)cc1)[C@@H]1CCCN1C(=O)CCCOc1ccccc1. The van der Waals surface area contributed by atoms with E-state index in [-0.39, 0.29) is 11.8 Å². The van der Waals surface area contributed by atoms with Gasteiger partial charge in [-0.25, -0.2) is 0 Å². The van der Waals surface area contributed by atoms with Crippen LogP contribution in [0.4, 0.5) is 5.69 Å². The number of ether oxygens (including phenoxy) is 1. The van der Waals surface area contributed by atoms with Crippen LogP contribution in [-0.4, -0.2) is 35.9 Å². The van der Waals surface area contributed by atoms with Crippen molar-refractivity contribution in [2.75, 3.05) is 18.5 Å². The molecule has 0 saturated carbocycles. The number of benzene rings is 2. The minimum Gasteiger partial charge on any atom is -0.494 e. The second-order valence-corrected chi connectivity index (χ2v) is 6.94. The fourth-order valence-corrected chi connectivity index (χ4v) is 3.30. The first-order valence-electron chi connectivity index (χ1n) is 9.17. The van der Waals surface area contributed by atoms with Crippen molar-refractivity contribution in [3.8, 4) is 5.75 Å². The Bertz CT molecular complexity index is 765. The molecule has 2 aromatic rings. The molecule has 0 radical (unpaired) electrons. The number of halogens is 1. The van der Waals surface area contributed by atoms with Crippen molar-refractivity contribution in [3.63, 3.8) is 0 Å². The van der Waals surface area contributed by atoms with Crippen LogP contribution in [-0.2, 0) is 9.59 Å². The van der Waals surface area contributed by atoms with Crippen LogP contribution < -0.4 is 10.1 Å². The van der Waals surface area contributed by atoms with Gasteiger partial charge in [0.25, 0.3) is 0 Å². The van der Waals surface area contributed by atoms with E-state index in [0.29, 0.717) is 43.1 Å². The summed E-state index contributed by atoms with van der Waals surface area (Å²) in [7, 11) is 0. The molecule has 3 rings (SSSR count). The van der Waals surface area contributed by atoms with Crippen molar-refractivity contribution in [1.29, 1.82) is 0 Å². The molecule has 1 atom stereocenters. The average molecular weight is 387 g/mol. The highest BCUT2D eigenvalue weighted by molar-refractivity contribution is 6.30.